The van der Waals surface area contributed by atoms with Crippen molar-refractivity contribution in [2.24, 2.45) is 0 Å². The van der Waals surface area contributed by atoms with Crippen LogP contribution in [-0.2, 0) is 14.4 Å². The molecule has 166 valence electrons. The van der Waals surface area contributed by atoms with Crippen molar-refractivity contribution >= 4 is 69.8 Å². The fourth-order valence-electron chi connectivity index (χ4n) is 2.88. The van der Waals surface area contributed by atoms with Gasteiger partial charge in [0.2, 0.25) is 0 Å². The standard InChI is InChI=1S/C21H16ClIN2O7/c1-10-3-4-12(8-14(10)22)25-20(29)13(19(28)24-21(25)30)5-11-6-15(23)18(16(7-11)31-2)32-9-17(26)27/h3-8H,9H2,1-2H3,(H,26,27)(H,24,28,30)/b13-5-. The maximum Gasteiger partial charge on any atom is 0.341 e. The third kappa shape index (κ3) is 4.86. The summed E-state index contributed by atoms with van der Waals surface area (Å²) in [6.45, 7) is 1.21. The number of anilines is 1. The van der Waals surface area contributed by atoms with Crippen LogP contribution >= 0.6 is 34.2 Å². The molecule has 0 aliphatic carbocycles. The van der Waals surface area contributed by atoms with E-state index in [0.717, 1.165) is 10.5 Å². The number of amides is 4. The maximum atomic E-state index is 13.0. The first-order valence-electron chi connectivity index (χ1n) is 9.02. The van der Waals surface area contributed by atoms with Crippen molar-refractivity contribution < 1.29 is 33.8 Å². The van der Waals surface area contributed by atoms with E-state index >= 15 is 0 Å². The highest BCUT2D eigenvalue weighted by Gasteiger charge is 2.37. The Hall–Kier alpha value is -3.12. The normalized spacial score (nSPS) is 15.1. The summed E-state index contributed by atoms with van der Waals surface area (Å²) in [6, 6.07) is 6.84. The zero-order chi connectivity index (χ0) is 23.6. The van der Waals surface area contributed by atoms with Crippen LogP contribution in [0.25, 0.3) is 6.08 Å². The number of carboxylic acid groups (broad SMARTS) is 1. The largest absolute Gasteiger partial charge is 0.493 e. The number of aryl methyl sites for hydroxylation is 1. The van der Waals surface area contributed by atoms with E-state index < -0.39 is 30.4 Å². The molecule has 11 heteroatoms. The van der Waals surface area contributed by atoms with Gasteiger partial charge in [-0.25, -0.2) is 14.5 Å². The lowest BCUT2D eigenvalue weighted by Crippen LogP contribution is -2.54. The van der Waals surface area contributed by atoms with E-state index in [0.29, 0.717) is 14.2 Å². The van der Waals surface area contributed by atoms with Crippen molar-refractivity contribution in [3.8, 4) is 11.5 Å². The van der Waals surface area contributed by atoms with Gasteiger partial charge in [0.15, 0.2) is 18.1 Å². The first-order valence-corrected chi connectivity index (χ1v) is 10.5. The predicted octanol–water partition coefficient (Wildman–Crippen LogP) is 3.39. The fraction of sp³-hybridized carbons (Fsp3) is 0.143. The maximum absolute atomic E-state index is 13.0. The number of barbiturate groups is 1. The molecular weight excluding hydrogens is 555 g/mol. The Morgan fingerprint density at radius 3 is 2.59 bits per heavy atom. The molecule has 0 bridgehead atoms. The summed E-state index contributed by atoms with van der Waals surface area (Å²) in [4.78, 5) is 49.4. The van der Waals surface area contributed by atoms with Crippen molar-refractivity contribution in [2.75, 3.05) is 18.6 Å². The number of carboxylic acids is 1. The van der Waals surface area contributed by atoms with E-state index in [2.05, 4.69) is 5.32 Å². The van der Waals surface area contributed by atoms with Gasteiger partial charge in [0.05, 0.1) is 16.4 Å². The van der Waals surface area contributed by atoms with E-state index in [1.807, 2.05) is 22.6 Å². The van der Waals surface area contributed by atoms with Gasteiger partial charge in [-0.15, -0.1) is 0 Å². The average Bonchev–Trinajstić information content (AvgIpc) is 2.72. The number of carbonyl (C=O) groups is 4. The Bertz CT molecular complexity index is 1180. The van der Waals surface area contributed by atoms with Crippen LogP contribution in [0.1, 0.15) is 11.1 Å². The van der Waals surface area contributed by atoms with Crippen LogP contribution < -0.4 is 19.7 Å². The van der Waals surface area contributed by atoms with Gasteiger partial charge in [0, 0.05) is 5.02 Å². The van der Waals surface area contributed by atoms with Crippen LogP contribution in [-0.4, -0.2) is 42.6 Å². The van der Waals surface area contributed by atoms with Gasteiger partial charge in [-0.1, -0.05) is 17.7 Å². The van der Waals surface area contributed by atoms with Gasteiger partial charge in [-0.05, 0) is 71.0 Å². The smallest absolute Gasteiger partial charge is 0.341 e. The van der Waals surface area contributed by atoms with Crippen molar-refractivity contribution in [3.63, 3.8) is 0 Å². The first kappa shape index (κ1) is 23.5. The summed E-state index contributed by atoms with van der Waals surface area (Å²) < 4.78 is 11.0. The lowest BCUT2D eigenvalue weighted by molar-refractivity contribution is -0.139. The molecule has 32 heavy (non-hydrogen) atoms. The summed E-state index contributed by atoms with van der Waals surface area (Å²) in [7, 11) is 1.37. The molecule has 0 spiro atoms. The number of nitrogens with zero attached hydrogens (tertiary/aromatic N) is 1. The monoisotopic (exact) mass is 570 g/mol. The number of rotatable bonds is 6. The molecule has 1 fully saturated rings. The highest BCUT2D eigenvalue weighted by atomic mass is 127. The second-order valence-electron chi connectivity index (χ2n) is 6.61. The third-order valence-corrected chi connectivity index (χ3v) is 5.63. The summed E-state index contributed by atoms with van der Waals surface area (Å²) in [6.07, 6.45) is 1.30. The van der Waals surface area contributed by atoms with Crippen LogP contribution in [0.3, 0.4) is 0 Å². The number of carbonyl (C=O) groups excluding carboxylic acids is 3. The number of hydrogen-bond acceptors (Lipinski definition) is 6. The van der Waals surface area contributed by atoms with Crippen LogP contribution in [0, 0.1) is 10.5 Å². The minimum Gasteiger partial charge on any atom is -0.493 e. The SMILES string of the molecule is COc1cc(/C=C2/C(=O)NC(=O)N(c3ccc(C)c(Cl)c3)C2=O)cc(I)c1OCC(=O)O. The summed E-state index contributed by atoms with van der Waals surface area (Å²) in [5.74, 6) is -2.40. The molecule has 2 aromatic rings. The lowest BCUT2D eigenvalue weighted by atomic mass is 10.1. The zero-order valence-corrected chi connectivity index (χ0v) is 19.7. The molecular formula is C21H16ClIN2O7. The molecule has 0 saturated carbocycles. The topological polar surface area (TPSA) is 122 Å². The number of ether oxygens (including phenoxy) is 2. The number of nitrogens with one attached hydrogen (secondary N) is 1. The third-order valence-electron chi connectivity index (χ3n) is 4.42. The molecule has 0 unspecified atom stereocenters. The van der Waals surface area contributed by atoms with Crippen LogP contribution in [0.2, 0.25) is 5.02 Å². The number of imide groups is 2. The molecule has 4 amide bonds. The molecule has 0 atom stereocenters. The number of methoxy groups -OCH3 is 1. The minimum atomic E-state index is -1.15. The van der Waals surface area contributed by atoms with E-state index in [1.54, 1.807) is 25.1 Å². The van der Waals surface area contributed by atoms with Crippen LogP contribution in [0.15, 0.2) is 35.9 Å². The molecule has 0 aromatic heterocycles. The van der Waals surface area contributed by atoms with Crippen molar-refractivity contribution in [2.45, 2.75) is 6.92 Å². The number of benzene rings is 2. The van der Waals surface area contributed by atoms with Crippen LogP contribution in [0.5, 0.6) is 11.5 Å². The van der Waals surface area contributed by atoms with Crippen LogP contribution in [0.4, 0.5) is 10.5 Å². The molecule has 1 aliphatic rings. The van der Waals surface area contributed by atoms with Crippen molar-refractivity contribution in [3.05, 3.63) is 55.6 Å². The first-order chi connectivity index (χ1) is 15.1. The average molecular weight is 571 g/mol. The molecule has 1 saturated heterocycles. The molecule has 3 rings (SSSR count). The second-order valence-corrected chi connectivity index (χ2v) is 8.18. The molecule has 2 N–H and O–H groups in total. The number of halogens is 2. The molecule has 9 nitrogen and oxygen atoms in total. The van der Waals surface area contributed by atoms with E-state index in [9.17, 15) is 19.2 Å². The molecule has 0 radical (unpaired) electrons. The highest BCUT2D eigenvalue weighted by molar-refractivity contribution is 14.1. The molecule has 1 aliphatic heterocycles. The Morgan fingerprint density at radius 2 is 1.97 bits per heavy atom. The Labute approximate surface area is 201 Å². The summed E-state index contributed by atoms with van der Waals surface area (Å²) in [5, 5.41) is 11.3. The Balaban J connectivity index is 2.01. The van der Waals surface area contributed by atoms with Gasteiger partial charge in [0.25, 0.3) is 11.8 Å². The lowest BCUT2D eigenvalue weighted by Gasteiger charge is -2.26. The number of hydrogen-bond donors (Lipinski definition) is 2. The highest BCUT2D eigenvalue weighted by Crippen LogP contribution is 2.35. The van der Waals surface area contributed by atoms with Crippen molar-refractivity contribution in [1.29, 1.82) is 0 Å². The number of urea groups is 1. The van der Waals surface area contributed by atoms with Gasteiger partial charge in [-0.3, -0.25) is 14.9 Å². The van der Waals surface area contributed by atoms with Crippen molar-refractivity contribution in [1.82, 2.24) is 5.32 Å². The van der Waals surface area contributed by atoms with Gasteiger partial charge in [0.1, 0.15) is 5.57 Å². The Kier molecular flexibility index (Phi) is 7.04. The van der Waals surface area contributed by atoms with E-state index in [4.69, 9.17) is 26.2 Å². The van der Waals surface area contributed by atoms with Gasteiger partial charge >= 0.3 is 12.0 Å². The van der Waals surface area contributed by atoms with E-state index in [1.165, 1.54) is 25.3 Å². The second kappa shape index (κ2) is 9.57. The minimum absolute atomic E-state index is 0.211. The molecule has 2 aromatic carbocycles. The van der Waals surface area contributed by atoms with Gasteiger partial charge in [-0.2, -0.15) is 0 Å². The summed E-state index contributed by atoms with van der Waals surface area (Å²) >= 11 is 8.04. The van der Waals surface area contributed by atoms with E-state index in [-0.39, 0.29) is 22.8 Å². The Morgan fingerprint density at radius 1 is 1.25 bits per heavy atom. The summed E-state index contributed by atoms with van der Waals surface area (Å²) in [5.41, 5.74) is 1.10. The fourth-order valence-corrected chi connectivity index (χ4v) is 3.83. The quantitative estimate of drug-likeness (QED) is 0.310. The zero-order valence-electron chi connectivity index (χ0n) is 16.8. The number of aliphatic carboxylic acids is 1. The van der Waals surface area contributed by atoms with Gasteiger partial charge < -0.3 is 14.6 Å². The predicted molar refractivity (Wildman–Crippen MR) is 124 cm³/mol. The molecule has 1 heterocycles.